The summed E-state index contributed by atoms with van der Waals surface area (Å²) in [7, 11) is 0. The summed E-state index contributed by atoms with van der Waals surface area (Å²) in [6.07, 6.45) is 4.51. The van der Waals surface area contributed by atoms with Gasteiger partial charge in [-0.05, 0) is 19.9 Å². The van der Waals surface area contributed by atoms with Gasteiger partial charge >= 0.3 is 5.97 Å². The zero-order valence-electron chi connectivity index (χ0n) is 8.73. The van der Waals surface area contributed by atoms with E-state index in [2.05, 4.69) is 9.97 Å². The maximum atomic E-state index is 11.0. The number of aryl methyl sites for hydroxylation is 1. The van der Waals surface area contributed by atoms with Crippen molar-refractivity contribution in [1.29, 1.82) is 0 Å². The van der Waals surface area contributed by atoms with Crippen molar-refractivity contribution >= 4 is 18.0 Å². The highest BCUT2D eigenvalue weighted by atomic mass is 16.5. The molecule has 0 saturated heterocycles. The van der Waals surface area contributed by atoms with Crippen molar-refractivity contribution in [3.63, 3.8) is 0 Å². The van der Waals surface area contributed by atoms with E-state index in [1.165, 1.54) is 6.08 Å². The largest absolute Gasteiger partial charge is 0.463 e. The van der Waals surface area contributed by atoms with Crippen LogP contribution in [0.4, 0.5) is 5.95 Å². The Morgan fingerprint density at radius 1 is 1.67 bits per heavy atom. The number of nitrogen functional groups attached to an aromatic ring is 1. The Morgan fingerprint density at radius 3 is 3.00 bits per heavy atom. The van der Waals surface area contributed by atoms with Gasteiger partial charge in [-0.15, -0.1) is 0 Å². The van der Waals surface area contributed by atoms with Gasteiger partial charge in [0.15, 0.2) is 0 Å². The molecule has 1 heterocycles. The van der Waals surface area contributed by atoms with Crippen LogP contribution in [0.25, 0.3) is 6.08 Å². The number of nitrogens with two attached hydrogens (primary N) is 1. The van der Waals surface area contributed by atoms with Gasteiger partial charge in [-0.2, -0.15) is 0 Å². The predicted octanol–water partition coefficient (Wildman–Crippen LogP) is 0.944. The second-order valence-corrected chi connectivity index (χ2v) is 2.85. The number of ether oxygens (including phenoxy) is 1. The molecular weight excluding hydrogens is 194 g/mol. The van der Waals surface area contributed by atoms with Crippen LogP contribution < -0.4 is 5.73 Å². The van der Waals surface area contributed by atoms with E-state index in [1.54, 1.807) is 26.1 Å². The molecule has 0 bridgehead atoms. The molecule has 80 valence electrons. The Hall–Kier alpha value is -1.91. The highest BCUT2D eigenvalue weighted by Crippen LogP contribution is 2.06. The molecule has 5 nitrogen and oxygen atoms in total. The van der Waals surface area contributed by atoms with Crippen molar-refractivity contribution in [1.82, 2.24) is 9.97 Å². The van der Waals surface area contributed by atoms with E-state index in [-0.39, 0.29) is 11.9 Å². The first-order chi connectivity index (χ1) is 7.13. The quantitative estimate of drug-likeness (QED) is 0.589. The number of carbonyl (C=O) groups excluding carboxylic acids is 1. The lowest BCUT2D eigenvalue weighted by Gasteiger charge is -1.99. The minimum absolute atomic E-state index is 0.223. The van der Waals surface area contributed by atoms with Gasteiger partial charge in [-0.3, -0.25) is 0 Å². The van der Waals surface area contributed by atoms with Crippen LogP contribution in [0.5, 0.6) is 0 Å². The first-order valence-corrected chi connectivity index (χ1v) is 4.57. The average Bonchev–Trinajstić information content (AvgIpc) is 2.17. The highest BCUT2D eigenvalue weighted by molar-refractivity contribution is 5.87. The normalized spacial score (nSPS) is 10.5. The van der Waals surface area contributed by atoms with E-state index < -0.39 is 0 Å². The number of rotatable bonds is 3. The number of hydrogen-bond acceptors (Lipinski definition) is 5. The first-order valence-electron chi connectivity index (χ1n) is 4.57. The Morgan fingerprint density at radius 2 is 2.40 bits per heavy atom. The fourth-order valence-electron chi connectivity index (χ4n) is 1.01. The molecule has 15 heavy (non-hydrogen) atoms. The van der Waals surface area contributed by atoms with Gasteiger partial charge < -0.3 is 10.5 Å². The van der Waals surface area contributed by atoms with Gasteiger partial charge in [0, 0.05) is 17.8 Å². The maximum absolute atomic E-state index is 11.0. The SMILES string of the molecule is CCOC(=O)C=Cc1cnc(N)nc1C. The molecule has 0 saturated carbocycles. The van der Waals surface area contributed by atoms with E-state index in [4.69, 9.17) is 10.5 Å². The molecule has 2 N–H and O–H groups in total. The molecule has 0 aliphatic carbocycles. The van der Waals surface area contributed by atoms with Crippen LogP contribution in [0.2, 0.25) is 0 Å². The van der Waals surface area contributed by atoms with E-state index in [1.807, 2.05) is 0 Å². The number of anilines is 1. The first kappa shape index (κ1) is 11.2. The molecule has 0 amide bonds. The zero-order chi connectivity index (χ0) is 11.3. The predicted molar refractivity (Wildman–Crippen MR) is 56.8 cm³/mol. The van der Waals surface area contributed by atoms with E-state index in [0.29, 0.717) is 6.61 Å². The summed E-state index contributed by atoms with van der Waals surface area (Å²) < 4.78 is 4.74. The summed E-state index contributed by atoms with van der Waals surface area (Å²) in [6.45, 7) is 3.91. The molecule has 1 rings (SSSR count). The third-order valence-corrected chi connectivity index (χ3v) is 1.72. The van der Waals surface area contributed by atoms with Crippen LogP contribution in [0.15, 0.2) is 12.3 Å². The minimum atomic E-state index is -0.381. The summed E-state index contributed by atoms with van der Waals surface area (Å²) in [5.74, 6) is -0.158. The number of hydrogen-bond donors (Lipinski definition) is 1. The van der Waals surface area contributed by atoms with Crippen molar-refractivity contribution in [3.8, 4) is 0 Å². The van der Waals surface area contributed by atoms with Crippen LogP contribution in [-0.4, -0.2) is 22.5 Å². The van der Waals surface area contributed by atoms with Crippen LogP contribution in [-0.2, 0) is 9.53 Å². The molecule has 0 fully saturated rings. The van der Waals surface area contributed by atoms with E-state index in [9.17, 15) is 4.79 Å². The number of aromatic nitrogens is 2. The van der Waals surface area contributed by atoms with Crippen molar-refractivity contribution < 1.29 is 9.53 Å². The lowest BCUT2D eigenvalue weighted by Crippen LogP contribution is -2.00. The molecule has 0 atom stereocenters. The third-order valence-electron chi connectivity index (χ3n) is 1.72. The molecular formula is C10H13N3O2. The monoisotopic (exact) mass is 207 g/mol. The van der Waals surface area contributed by atoms with Crippen LogP contribution in [0, 0.1) is 6.92 Å². The van der Waals surface area contributed by atoms with Gasteiger partial charge in [-0.1, -0.05) is 0 Å². The Bertz CT molecular complexity index is 388. The second-order valence-electron chi connectivity index (χ2n) is 2.85. The Labute approximate surface area is 88.0 Å². The number of nitrogens with zero attached hydrogens (tertiary/aromatic N) is 2. The molecule has 0 unspecified atom stereocenters. The fourth-order valence-corrected chi connectivity index (χ4v) is 1.01. The molecule has 0 aromatic carbocycles. The minimum Gasteiger partial charge on any atom is -0.463 e. The van der Waals surface area contributed by atoms with Crippen molar-refractivity contribution in [2.24, 2.45) is 0 Å². The summed E-state index contributed by atoms with van der Waals surface area (Å²) in [5.41, 5.74) is 6.87. The third kappa shape index (κ3) is 3.38. The standard InChI is InChI=1S/C10H13N3O2/c1-3-15-9(14)5-4-8-6-12-10(11)13-7(8)2/h4-6H,3H2,1-2H3,(H2,11,12,13). The van der Waals surface area contributed by atoms with Crippen molar-refractivity contribution in [2.75, 3.05) is 12.3 Å². The topological polar surface area (TPSA) is 78.1 Å². The number of esters is 1. The number of carbonyl (C=O) groups is 1. The lowest BCUT2D eigenvalue weighted by molar-refractivity contribution is -0.137. The van der Waals surface area contributed by atoms with E-state index >= 15 is 0 Å². The molecule has 0 radical (unpaired) electrons. The van der Waals surface area contributed by atoms with Gasteiger partial charge in [-0.25, -0.2) is 14.8 Å². The van der Waals surface area contributed by atoms with Crippen LogP contribution in [0.1, 0.15) is 18.2 Å². The zero-order valence-corrected chi connectivity index (χ0v) is 8.73. The molecule has 0 spiro atoms. The molecule has 0 aliphatic heterocycles. The van der Waals surface area contributed by atoms with Gasteiger partial charge in [0.1, 0.15) is 0 Å². The highest BCUT2D eigenvalue weighted by Gasteiger charge is 1.99. The molecule has 0 aliphatic rings. The Kier molecular flexibility index (Phi) is 3.79. The maximum Gasteiger partial charge on any atom is 0.330 e. The Balaban J connectivity index is 2.76. The van der Waals surface area contributed by atoms with Gasteiger partial charge in [0.25, 0.3) is 0 Å². The molecule has 1 aromatic heterocycles. The summed E-state index contributed by atoms with van der Waals surface area (Å²) in [5, 5.41) is 0. The summed E-state index contributed by atoms with van der Waals surface area (Å²) in [4.78, 5) is 18.8. The fraction of sp³-hybridized carbons (Fsp3) is 0.300. The second kappa shape index (κ2) is 5.09. The smallest absolute Gasteiger partial charge is 0.330 e. The lowest BCUT2D eigenvalue weighted by atomic mass is 10.2. The van der Waals surface area contributed by atoms with E-state index in [0.717, 1.165) is 11.3 Å². The summed E-state index contributed by atoms with van der Waals surface area (Å²) in [6, 6.07) is 0. The van der Waals surface area contributed by atoms with Gasteiger partial charge in [0.05, 0.1) is 12.3 Å². The summed E-state index contributed by atoms with van der Waals surface area (Å²) >= 11 is 0. The van der Waals surface area contributed by atoms with Crippen LogP contribution in [0.3, 0.4) is 0 Å². The van der Waals surface area contributed by atoms with Gasteiger partial charge in [0.2, 0.25) is 5.95 Å². The van der Waals surface area contributed by atoms with Crippen molar-refractivity contribution in [3.05, 3.63) is 23.5 Å². The van der Waals surface area contributed by atoms with Crippen LogP contribution >= 0.6 is 0 Å². The molecule has 5 heteroatoms. The molecule has 1 aromatic rings. The average molecular weight is 207 g/mol. The van der Waals surface area contributed by atoms with Crippen molar-refractivity contribution in [2.45, 2.75) is 13.8 Å².